The molecule has 0 aliphatic carbocycles. The molecule has 0 fully saturated rings. The number of aryl methyl sites for hydroxylation is 2. The Hall–Kier alpha value is -1.52. The van der Waals surface area contributed by atoms with Crippen molar-refractivity contribution in [3.8, 4) is 0 Å². The van der Waals surface area contributed by atoms with Gasteiger partial charge in [0.05, 0.1) is 11.4 Å². The van der Waals surface area contributed by atoms with E-state index >= 15 is 0 Å². The molecule has 0 saturated carbocycles. The fraction of sp³-hybridized carbons (Fsp3) is 0.556. The van der Waals surface area contributed by atoms with Gasteiger partial charge in [0, 0.05) is 13.0 Å². The van der Waals surface area contributed by atoms with Crippen LogP contribution in [0.2, 0.25) is 0 Å². The van der Waals surface area contributed by atoms with Gasteiger partial charge in [0.15, 0.2) is 5.82 Å². The molecule has 0 radical (unpaired) electrons. The van der Waals surface area contributed by atoms with Gasteiger partial charge < -0.3 is 11.1 Å². The van der Waals surface area contributed by atoms with Crippen LogP contribution >= 0.6 is 0 Å². The van der Waals surface area contributed by atoms with Crippen LogP contribution in [0.15, 0.2) is 0 Å². The van der Waals surface area contributed by atoms with Gasteiger partial charge in [-0.05, 0) is 6.92 Å². The van der Waals surface area contributed by atoms with Gasteiger partial charge in [0.25, 0.3) is 0 Å². The molecule has 5 nitrogen and oxygen atoms in total. The van der Waals surface area contributed by atoms with E-state index in [0.717, 1.165) is 5.69 Å². The minimum atomic E-state index is -0.0652. The molecule has 0 unspecified atom stereocenters. The third-order valence-corrected chi connectivity index (χ3v) is 2.03. The van der Waals surface area contributed by atoms with Gasteiger partial charge in [0.1, 0.15) is 0 Å². The minimum absolute atomic E-state index is 0.0558. The number of anilines is 2. The number of rotatable bonds is 2. The van der Waals surface area contributed by atoms with E-state index in [0.29, 0.717) is 11.5 Å². The summed E-state index contributed by atoms with van der Waals surface area (Å²) in [6.45, 7) is 5.46. The van der Waals surface area contributed by atoms with Crippen LogP contribution in [0.1, 0.15) is 19.5 Å². The number of hydrogen-bond acceptors (Lipinski definition) is 3. The van der Waals surface area contributed by atoms with E-state index in [1.54, 1.807) is 18.7 Å². The molecule has 3 N–H and O–H groups in total. The van der Waals surface area contributed by atoms with Crippen LogP contribution < -0.4 is 11.1 Å². The number of nitrogen functional groups attached to an aromatic ring is 1. The molecule has 0 atom stereocenters. The molecule has 1 rings (SSSR count). The van der Waals surface area contributed by atoms with E-state index < -0.39 is 0 Å². The maximum Gasteiger partial charge on any atom is 0.228 e. The van der Waals surface area contributed by atoms with Crippen molar-refractivity contribution in [1.29, 1.82) is 0 Å². The van der Waals surface area contributed by atoms with Crippen molar-refractivity contribution in [2.45, 2.75) is 20.8 Å². The zero-order chi connectivity index (χ0) is 10.9. The first-order chi connectivity index (χ1) is 6.43. The molecule has 0 aromatic carbocycles. The van der Waals surface area contributed by atoms with E-state index in [4.69, 9.17) is 5.73 Å². The molecular weight excluding hydrogens is 180 g/mol. The Morgan fingerprint density at radius 1 is 1.57 bits per heavy atom. The molecule has 0 aliphatic heterocycles. The zero-order valence-corrected chi connectivity index (χ0v) is 8.96. The molecule has 0 aliphatic rings. The first kappa shape index (κ1) is 10.6. The second-order valence-corrected chi connectivity index (χ2v) is 3.62. The van der Waals surface area contributed by atoms with Gasteiger partial charge in [-0.1, -0.05) is 13.8 Å². The highest BCUT2D eigenvalue weighted by atomic mass is 16.1. The van der Waals surface area contributed by atoms with Gasteiger partial charge in [0.2, 0.25) is 5.91 Å². The van der Waals surface area contributed by atoms with E-state index in [1.807, 2.05) is 13.8 Å². The van der Waals surface area contributed by atoms with Crippen molar-refractivity contribution in [2.75, 3.05) is 11.1 Å². The summed E-state index contributed by atoms with van der Waals surface area (Å²) >= 11 is 0. The smallest absolute Gasteiger partial charge is 0.228 e. The Kier molecular flexibility index (Phi) is 2.78. The number of carbonyl (C=O) groups is 1. The topological polar surface area (TPSA) is 72.9 Å². The molecular formula is C9H16N4O. The SMILES string of the molecule is Cc1nn(C)c(NC(=O)C(C)C)c1N. The second kappa shape index (κ2) is 3.69. The largest absolute Gasteiger partial charge is 0.394 e. The zero-order valence-electron chi connectivity index (χ0n) is 8.96. The van der Waals surface area contributed by atoms with E-state index in [2.05, 4.69) is 10.4 Å². The summed E-state index contributed by atoms with van der Waals surface area (Å²) in [6.07, 6.45) is 0. The minimum Gasteiger partial charge on any atom is -0.394 e. The Labute approximate surface area is 83.3 Å². The summed E-state index contributed by atoms with van der Waals surface area (Å²) in [5.41, 5.74) is 7.01. The number of carbonyl (C=O) groups excluding carboxylic acids is 1. The number of nitrogens with two attached hydrogens (primary N) is 1. The van der Waals surface area contributed by atoms with Crippen LogP contribution in [0.25, 0.3) is 0 Å². The normalized spacial score (nSPS) is 10.6. The van der Waals surface area contributed by atoms with Crippen molar-refractivity contribution in [3.05, 3.63) is 5.69 Å². The van der Waals surface area contributed by atoms with Crippen molar-refractivity contribution >= 4 is 17.4 Å². The van der Waals surface area contributed by atoms with E-state index in [9.17, 15) is 4.79 Å². The standard InChI is InChI=1S/C9H16N4O/c1-5(2)9(14)11-8-7(10)6(3)12-13(8)4/h5H,10H2,1-4H3,(H,11,14). The summed E-state index contributed by atoms with van der Waals surface area (Å²) in [5.74, 6) is 0.450. The Morgan fingerprint density at radius 3 is 2.50 bits per heavy atom. The van der Waals surface area contributed by atoms with Gasteiger partial charge in [-0.15, -0.1) is 0 Å². The lowest BCUT2D eigenvalue weighted by Gasteiger charge is -2.08. The highest BCUT2D eigenvalue weighted by Gasteiger charge is 2.14. The average Bonchev–Trinajstić information content (AvgIpc) is 2.32. The predicted octanol–water partition coefficient (Wildman–Crippen LogP) is 0.905. The fourth-order valence-electron chi connectivity index (χ4n) is 1.08. The van der Waals surface area contributed by atoms with Crippen molar-refractivity contribution in [2.24, 2.45) is 13.0 Å². The average molecular weight is 196 g/mol. The Balaban J connectivity index is 2.92. The van der Waals surface area contributed by atoms with Gasteiger partial charge in [-0.3, -0.25) is 9.48 Å². The number of nitrogens with one attached hydrogen (secondary N) is 1. The summed E-state index contributed by atoms with van der Waals surface area (Å²) < 4.78 is 1.57. The summed E-state index contributed by atoms with van der Waals surface area (Å²) in [6, 6.07) is 0. The van der Waals surface area contributed by atoms with Crippen LogP contribution in [-0.2, 0) is 11.8 Å². The van der Waals surface area contributed by atoms with Crippen LogP contribution in [0.4, 0.5) is 11.5 Å². The number of hydrogen-bond donors (Lipinski definition) is 2. The highest BCUT2D eigenvalue weighted by molar-refractivity contribution is 5.94. The summed E-state index contributed by atoms with van der Waals surface area (Å²) in [5, 5.41) is 6.84. The maximum atomic E-state index is 11.4. The highest BCUT2D eigenvalue weighted by Crippen LogP contribution is 2.21. The van der Waals surface area contributed by atoms with Crippen molar-refractivity contribution in [3.63, 3.8) is 0 Å². The first-order valence-electron chi connectivity index (χ1n) is 4.53. The molecule has 14 heavy (non-hydrogen) atoms. The Bertz CT molecular complexity index is 354. The molecule has 0 bridgehead atoms. The Morgan fingerprint density at radius 2 is 2.14 bits per heavy atom. The van der Waals surface area contributed by atoms with Crippen LogP contribution in [0.3, 0.4) is 0 Å². The van der Waals surface area contributed by atoms with Crippen LogP contribution in [0, 0.1) is 12.8 Å². The molecule has 0 saturated heterocycles. The monoisotopic (exact) mass is 196 g/mol. The number of nitrogens with zero attached hydrogens (tertiary/aromatic N) is 2. The lowest BCUT2D eigenvalue weighted by molar-refractivity contribution is -0.118. The van der Waals surface area contributed by atoms with Crippen molar-refractivity contribution in [1.82, 2.24) is 9.78 Å². The molecule has 78 valence electrons. The third kappa shape index (κ3) is 1.86. The molecule has 5 heteroatoms. The van der Waals surface area contributed by atoms with Gasteiger partial charge in [-0.2, -0.15) is 5.10 Å². The number of aromatic nitrogens is 2. The maximum absolute atomic E-state index is 11.4. The van der Waals surface area contributed by atoms with Crippen LogP contribution in [0.5, 0.6) is 0 Å². The van der Waals surface area contributed by atoms with E-state index in [1.165, 1.54) is 0 Å². The van der Waals surface area contributed by atoms with Gasteiger partial charge >= 0.3 is 0 Å². The van der Waals surface area contributed by atoms with E-state index in [-0.39, 0.29) is 11.8 Å². The lowest BCUT2D eigenvalue weighted by atomic mass is 10.2. The fourth-order valence-corrected chi connectivity index (χ4v) is 1.08. The second-order valence-electron chi connectivity index (χ2n) is 3.62. The first-order valence-corrected chi connectivity index (χ1v) is 4.53. The molecule has 0 spiro atoms. The molecule has 1 aromatic rings. The number of amides is 1. The molecule has 1 heterocycles. The summed E-state index contributed by atoms with van der Waals surface area (Å²) in [4.78, 5) is 11.4. The van der Waals surface area contributed by atoms with Crippen LogP contribution in [-0.4, -0.2) is 15.7 Å². The van der Waals surface area contributed by atoms with Gasteiger partial charge in [-0.25, -0.2) is 0 Å². The quantitative estimate of drug-likeness (QED) is 0.738. The van der Waals surface area contributed by atoms with Crippen molar-refractivity contribution < 1.29 is 4.79 Å². The predicted molar refractivity (Wildman–Crippen MR) is 55.8 cm³/mol. The lowest BCUT2D eigenvalue weighted by Crippen LogP contribution is -2.20. The summed E-state index contributed by atoms with van der Waals surface area (Å²) in [7, 11) is 1.75. The third-order valence-electron chi connectivity index (χ3n) is 2.03. The molecule has 1 amide bonds. The molecule has 1 aromatic heterocycles.